The van der Waals surface area contributed by atoms with Crippen LogP contribution in [0.4, 0.5) is 0 Å². The Morgan fingerprint density at radius 2 is 1.33 bits per heavy atom. The lowest BCUT2D eigenvalue weighted by Gasteiger charge is -2.20. The zero-order valence-electron chi connectivity index (χ0n) is 23.0. The highest BCUT2D eigenvalue weighted by molar-refractivity contribution is 5.59. The third-order valence-corrected chi connectivity index (χ3v) is 5.20. The number of hydrogen-bond donors (Lipinski definition) is 1. The van der Waals surface area contributed by atoms with Gasteiger partial charge in [0.2, 0.25) is 0 Å². The Morgan fingerprint density at radius 1 is 0.848 bits per heavy atom. The summed E-state index contributed by atoms with van der Waals surface area (Å²) in [4.78, 5) is 0. The number of aryl methyl sites for hydroxylation is 1. The van der Waals surface area contributed by atoms with Crippen molar-refractivity contribution in [2.75, 3.05) is 34.5 Å². The molecule has 0 aliphatic carbocycles. The van der Waals surface area contributed by atoms with Gasteiger partial charge in [-0.3, -0.25) is 0 Å². The van der Waals surface area contributed by atoms with Crippen LogP contribution < -0.4 is 9.47 Å². The normalized spacial score (nSPS) is 10.0. The van der Waals surface area contributed by atoms with Crippen molar-refractivity contribution >= 4 is 0 Å². The van der Waals surface area contributed by atoms with Gasteiger partial charge in [0.15, 0.2) is 11.5 Å². The summed E-state index contributed by atoms with van der Waals surface area (Å²) in [7, 11) is 5.01. The van der Waals surface area contributed by atoms with Gasteiger partial charge in [-0.05, 0) is 75.3 Å². The summed E-state index contributed by atoms with van der Waals surface area (Å²) >= 11 is 0. The molecule has 188 valence electrons. The minimum Gasteiger partial charge on any atom is -0.493 e. The maximum Gasteiger partial charge on any atom is 0.164 e. The summed E-state index contributed by atoms with van der Waals surface area (Å²) in [6.07, 6.45) is 3.80. The number of benzene rings is 2. The van der Waals surface area contributed by atoms with Crippen LogP contribution in [0.25, 0.3) is 0 Å². The molecule has 2 aromatic rings. The van der Waals surface area contributed by atoms with Crippen molar-refractivity contribution in [3.05, 3.63) is 69.8 Å². The van der Waals surface area contributed by atoms with Crippen molar-refractivity contribution in [2.24, 2.45) is 0 Å². The van der Waals surface area contributed by atoms with Gasteiger partial charge in [-0.1, -0.05) is 62.8 Å². The molecule has 0 radical (unpaired) electrons. The van der Waals surface area contributed by atoms with Crippen molar-refractivity contribution < 1.29 is 19.3 Å². The van der Waals surface area contributed by atoms with Gasteiger partial charge in [0, 0.05) is 13.7 Å². The molecule has 4 heteroatoms. The zero-order chi connectivity index (χ0) is 25.8. The first-order chi connectivity index (χ1) is 15.8. The van der Waals surface area contributed by atoms with Gasteiger partial charge in [-0.15, -0.1) is 0 Å². The van der Waals surface area contributed by atoms with Gasteiger partial charge in [-0.2, -0.15) is 0 Å². The molecule has 2 rings (SSSR count). The average molecular weight is 461 g/mol. The van der Waals surface area contributed by atoms with Gasteiger partial charge in [-0.25, -0.2) is 0 Å². The van der Waals surface area contributed by atoms with E-state index in [2.05, 4.69) is 49.8 Å². The number of hydrogen-bond acceptors (Lipinski definition) is 4. The van der Waals surface area contributed by atoms with E-state index in [0.717, 1.165) is 47.6 Å². The molecule has 0 aliphatic heterocycles. The quantitative estimate of drug-likeness (QED) is 0.450. The molecule has 0 unspecified atom stereocenters. The SMILES string of the molecule is CC.CCOC.CCc1ccccc1.COc1c(C)c(C)c(C/C(C)=C/CO)c(C)c1OC. The molecular weight excluding hydrogens is 412 g/mol. The summed E-state index contributed by atoms with van der Waals surface area (Å²) in [6.45, 7) is 17.2. The summed E-state index contributed by atoms with van der Waals surface area (Å²) in [6, 6.07) is 10.5. The Balaban J connectivity index is 0. The Morgan fingerprint density at radius 3 is 1.70 bits per heavy atom. The van der Waals surface area contributed by atoms with Crippen LogP contribution in [0.5, 0.6) is 11.5 Å². The number of aliphatic hydroxyl groups excluding tert-OH is 1. The second kappa shape index (κ2) is 20.3. The lowest BCUT2D eigenvalue weighted by Crippen LogP contribution is -2.04. The minimum atomic E-state index is 0.0796. The molecule has 0 amide bonds. The molecule has 33 heavy (non-hydrogen) atoms. The molecule has 0 bridgehead atoms. The molecule has 0 saturated carbocycles. The monoisotopic (exact) mass is 460 g/mol. The first-order valence-electron chi connectivity index (χ1n) is 11.8. The Labute approximate surface area is 203 Å². The molecular formula is C29H48O4. The first kappa shape index (κ1) is 32.9. The molecule has 0 heterocycles. The van der Waals surface area contributed by atoms with E-state index in [1.807, 2.05) is 46.8 Å². The van der Waals surface area contributed by atoms with Crippen molar-refractivity contribution in [1.82, 2.24) is 0 Å². The van der Waals surface area contributed by atoms with E-state index in [0.29, 0.717) is 0 Å². The number of rotatable bonds is 7. The molecule has 0 atom stereocenters. The third-order valence-electron chi connectivity index (χ3n) is 5.20. The summed E-state index contributed by atoms with van der Waals surface area (Å²) < 4.78 is 15.5. The Kier molecular flexibility index (Phi) is 20.2. The summed E-state index contributed by atoms with van der Waals surface area (Å²) in [5, 5.41) is 8.97. The third kappa shape index (κ3) is 11.9. The second-order valence-electron chi connectivity index (χ2n) is 7.25. The molecule has 4 nitrogen and oxygen atoms in total. The maximum atomic E-state index is 8.97. The van der Waals surface area contributed by atoms with Gasteiger partial charge in [0.25, 0.3) is 0 Å². The summed E-state index contributed by atoms with van der Waals surface area (Å²) in [5.74, 6) is 1.61. The van der Waals surface area contributed by atoms with E-state index in [-0.39, 0.29) is 6.61 Å². The number of ether oxygens (including phenoxy) is 3. The average Bonchev–Trinajstić information content (AvgIpc) is 2.86. The predicted octanol–water partition coefficient (Wildman–Crippen LogP) is 7.04. The zero-order valence-corrected chi connectivity index (χ0v) is 23.0. The molecule has 0 saturated heterocycles. The fourth-order valence-corrected chi connectivity index (χ4v) is 3.13. The lowest BCUT2D eigenvalue weighted by atomic mass is 9.92. The van der Waals surface area contributed by atoms with E-state index >= 15 is 0 Å². The van der Waals surface area contributed by atoms with Crippen LogP contribution in [-0.2, 0) is 17.6 Å². The highest BCUT2D eigenvalue weighted by Crippen LogP contribution is 2.39. The largest absolute Gasteiger partial charge is 0.493 e. The molecule has 0 fully saturated rings. The highest BCUT2D eigenvalue weighted by Gasteiger charge is 2.18. The maximum absolute atomic E-state index is 8.97. The van der Waals surface area contributed by atoms with Gasteiger partial charge in [0.1, 0.15) is 0 Å². The molecule has 0 spiro atoms. The van der Waals surface area contributed by atoms with Crippen LogP contribution in [0.3, 0.4) is 0 Å². The van der Waals surface area contributed by atoms with E-state index < -0.39 is 0 Å². The van der Waals surface area contributed by atoms with Gasteiger partial charge in [0.05, 0.1) is 20.8 Å². The highest BCUT2D eigenvalue weighted by atomic mass is 16.5. The number of methoxy groups -OCH3 is 3. The lowest BCUT2D eigenvalue weighted by molar-refractivity contribution is 0.215. The van der Waals surface area contributed by atoms with Crippen molar-refractivity contribution in [1.29, 1.82) is 0 Å². The van der Waals surface area contributed by atoms with Gasteiger partial charge >= 0.3 is 0 Å². The van der Waals surface area contributed by atoms with Crippen molar-refractivity contribution in [3.8, 4) is 11.5 Å². The fourth-order valence-electron chi connectivity index (χ4n) is 3.13. The van der Waals surface area contributed by atoms with E-state index in [9.17, 15) is 0 Å². The van der Waals surface area contributed by atoms with Crippen LogP contribution in [0.1, 0.15) is 62.4 Å². The molecule has 2 aromatic carbocycles. The molecule has 0 aromatic heterocycles. The predicted molar refractivity (Wildman–Crippen MR) is 143 cm³/mol. The second-order valence-corrected chi connectivity index (χ2v) is 7.25. The van der Waals surface area contributed by atoms with Crippen LogP contribution >= 0.6 is 0 Å². The van der Waals surface area contributed by atoms with Crippen LogP contribution in [0.2, 0.25) is 0 Å². The summed E-state index contributed by atoms with van der Waals surface area (Å²) in [5.41, 5.74) is 7.25. The van der Waals surface area contributed by atoms with E-state index in [1.54, 1.807) is 21.3 Å². The first-order valence-corrected chi connectivity index (χ1v) is 11.8. The van der Waals surface area contributed by atoms with E-state index in [4.69, 9.17) is 14.6 Å². The number of allylic oxidation sites excluding steroid dienone is 1. The smallest absolute Gasteiger partial charge is 0.164 e. The fraction of sp³-hybridized carbons (Fsp3) is 0.517. The standard InChI is InChI=1S/C16H24O3.C8H10.C3H8O.C2H6/c1-10(7-8-17)9-14-11(2)12(3)15(18-5)16(19-6)13(14)4;1-2-8-6-4-3-5-7-8;1-3-4-2;1-2/h7,17H,8-9H2,1-6H3;3-7H,2H2,1H3;3H2,1-2H3;1-2H3/b10-7+;;;. The minimum absolute atomic E-state index is 0.0796. The van der Waals surface area contributed by atoms with Crippen LogP contribution in [0, 0.1) is 20.8 Å². The Hall–Kier alpha value is -2.30. The number of aliphatic hydroxyl groups is 1. The van der Waals surface area contributed by atoms with E-state index in [1.165, 1.54) is 16.7 Å². The van der Waals surface area contributed by atoms with Crippen LogP contribution in [-0.4, -0.2) is 39.6 Å². The Bertz CT molecular complexity index is 778. The van der Waals surface area contributed by atoms with Gasteiger partial charge < -0.3 is 19.3 Å². The van der Waals surface area contributed by atoms with Crippen molar-refractivity contribution in [2.45, 2.75) is 68.2 Å². The molecule has 1 N–H and O–H groups in total. The molecule has 0 aliphatic rings. The van der Waals surface area contributed by atoms with Crippen LogP contribution in [0.15, 0.2) is 42.0 Å². The van der Waals surface area contributed by atoms with Crippen molar-refractivity contribution in [3.63, 3.8) is 0 Å². The topological polar surface area (TPSA) is 47.9 Å².